The third-order valence-corrected chi connectivity index (χ3v) is 4.49. The Morgan fingerprint density at radius 3 is 2.59 bits per heavy atom. The Hall–Kier alpha value is -2.53. The molecule has 0 radical (unpaired) electrons. The van der Waals surface area contributed by atoms with E-state index in [1.165, 1.54) is 6.08 Å². The first kappa shape index (κ1) is 20.8. The number of ether oxygens (including phenoxy) is 2. The molecule has 0 bridgehead atoms. The number of carbonyl (C=O) groups is 1. The summed E-state index contributed by atoms with van der Waals surface area (Å²) in [7, 11) is 1.56. The predicted octanol–water partition coefficient (Wildman–Crippen LogP) is 4.94. The highest BCUT2D eigenvalue weighted by Gasteiger charge is 2.14. The fourth-order valence-corrected chi connectivity index (χ4v) is 3.10. The fourth-order valence-electron chi connectivity index (χ4n) is 2.32. The summed E-state index contributed by atoms with van der Waals surface area (Å²) < 4.78 is 12.0. The molecule has 0 unspecified atom stereocenters. The topological polar surface area (TPSA) is 71.3 Å². The van der Waals surface area contributed by atoms with Gasteiger partial charge < -0.3 is 14.8 Å². The highest BCUT2D eigenvalue weighted by atomic mass is 127. The lowest BCUT2D eigenvalue weighted by Crippen LogP contribution is -2.13. The molecule has 2 aromatic carbocycles. The Morgan fingerprint density at radius 1 is 1.30 bits per heavy atom. The van der Waals surface area contributed by atoms with E-state index in [0.29, 0.717) is 29.4 Å². The minimum absolute atomic E-state index is 0.00987. The number of halogens is 1. The number of amides is 1. The van der Waals surface area contributed by atoms with Crippen molar-refractivity contribution in [1.29, 1.82) is 5.26 Å². The molecule has 0 aliphatic heterocycles. The van der Waals surface area contributed by atoms with Gasteiger partial charge in [0.05, 0.1) is 17.3 Å². The van der Waals surface area contributed by atoms with Crippen molar-refractivity contribution in [2.75, 3.05) is 19.0 Å². The maximum absolute atomic E-state index is 12.4. The first-order chi connectivity index (χ1) is 13.0. The Balaban J connectivity index is 2.28. The molecule has 27 heavy (non-hydrogen) atoms. The van der Waals surface area contributed by atoms with Crippen LogP contribution in [-0.2, 0) is 4.79 Å². The number of anilines is 1. The fraction of sp³-hybridized carbons (Fsp3) is 0.238. The third kappa shape index (κ3) is 5.73. The van der Waals surface area contributed by atoms with Crippen molar-refractivity contribution in [1.82, 2.24) is 0 Å². The lowest BCUT2D eigenvalue weighted by atomic mass is 10.1. The SMILES string of the molecule is CCCOc1c(I)cc(/C=C(/C#N)C(=O)Nc2ccc(C)cc2)cc1OC. The van der Waals surface area contributed by atoms with Gasteiger partial charge in [0.25, 0.3) is 5.91 Å². The Bertz CT molecular complexity index is 884. The number of rotatable bonds is 7. The molecule has 5 nitrogen and oxygen atoms in total. The van der Waals surface area contributed by atoms with Crippen molar-refractivity contribution in [3.8, 4) is 17.6 Å². The average molecular weight is 476 g/mol. The van der Waals surface area contributed by atoms with Gasteiger partial charge in [-0.15, -0.1) is 0 Å². The summed E-state index contributed by atoms with van der Waals surface area (Å²) in [6.45, 7) is 4.58. The molecule has 0 aromatic heterocycles. The summed E-state index contributed by atoms with van der Waals surface area (Å²) in [6, 6.07) is 13.0. The smallest absolute Gasteiger partial charge is 0.266 e. The molecule has 0 heterocycles. The summed E-state index contributed by atoms with van der Waals surface area (Å²) >= 11 is 2.15. The quantitative estimate of drug-likeness (QED) is 0.349. The van der Waals surface area contributed by atoms with E-state index in [0.717, 1.165) is 15.6 Å². The standard InChI is InChI=1S/C21H21IN2O3/c1-4-9-27-20-18(22)11-15(12-19(20)26-3)10-16(13-23)21(25)24-17-7-5-14(2)6-8-17/h5-8,10-12H,4,9H2,1-3H3,(H,24,25)/b16-10-. The van der Waals surface area contributed by atoms with Crippen LogP contribution in [0.4, 0.5) is 5.69 Å². The van der Waals surface area contributed by atoms with Crippen LogP contribution in [0.1, 0.15) is 24.5 Å². The molecule has 2 rings (SSSR count). The lowest BCUT2D eigenvalue weighted by molar-refractivity contribution is -0.112. The molecule has 0 saturated carbocycles. The number of hydrogen-bond acceptors (Lipinski definition) is 4. The molecule has 1 amide bonds. The van der Waals surface area contributed by atoms with Crippen LogP contribution >= 0.6 is 22.6 Å². The van der Waals surface area contributed by atoms with E-state index in [1.807, 2.05) is 38.1 Å². The van der Waals surface area contributed by atoms with Crippen LogP contribution in [0.15, 0.2) is 42.0 Å². The number of hydrogen-bond donors (Lipinski definition) is 1. The Kier molecular flexibility index (Phi) is 7.67. The average Bonchev–Trinajstić information content (AvgIpc) is 2.66. The zero-order valence-electron chi connectivity index (χ0n) is 15.5. The van der Waals surface area contributed by atoms with Gasteiger partial charge in [-0.1, -0.05) is 24.6 Å². The monoisotopic (exact) mass is 476 g/mol. The van der Waals surface area contributed by atoms with E-state index >= 15 is 0 Å². The second kappa shape index (κ2) is 9.97. The molecule has 0 saturated heterocycles. The zero-order valence-corrected chi connectivity index (χ0v) is 17.7. The summed E-state index contributed by atoms with van der Waals surface area (Å²) in [5.41, 5.74) is 2.43. The number of nitrogens with zero attached hydrogens (tertiary/aromatic N) is 1. The molecular weight excluding hydrogens is 455 g/mol. The van der Waals surface area contributed by atoms with Crippen molar-refractivity contribution < 1.29 is 14.3 Å². The van der Waals surface area contributed by atoms with Crippen molar-refractivity contribution in [2.24, 2.45) is 0 Å². The van der Waals surface area contributed by atoms with Crippen LogP contribution < -0.4 is 14.8 Å². The van der Waals surface area contributed by atoms with E-state index in [4.69, 9.17) is 9.47 Å². The zero-order chi connectivity index (χ0) is 19.8. The number of methoxy groups -OCH3 is 1. The maximum atomic E-state index is 12.4. The van der Waals surface area contributed by atoms with Crippen LogP contribution in [0.5, 0.6) is 11.5 Å². The minimum atomic E-state index is -0.457. The number of benzene rings is 2. The summed E-state index contributed by atoms with van der Waals surface area (Å²) in [6.07, 6.45) is 2.43. The van der Waals surface area contributed by atoms with Crippen molar-refractivity contribution in [3.63, 3.8) is 0 Å². The first-order valence-corrected chi connectivity index (χ1v) is 9.56. The molecule has 2 aromatic rings. The maximum Gasteiger partial charge on any atom is 0.266 e. The van der Waals surface area contributed by atoms with Crippen LogP contribution in [0, 0.1) is 21.8 Å². The van der Waals surface area contributed by atoms with Gasteiger partial charge >= 0.3 is 0 Å². The molecule has 0 spiro atoms. The van der Waals surface area contributed by atoms with Gasteiger partial charge in [0.1, 0.15) is 11.6 Å². The van der Waals surface area contributed by atoms with E-state index in [2.05, 4.69) is 27.9 Å². The second-order valence-electron chi connectivity index (χ2n) is 5.87. The molecular formula is C21H21IN2O3. The van der Waals surface area contributed by atoms with E-state index < -0.39 is 5.91 Å². The molecule has 6 heteroatoms. The molecule has 140 valence electrons. The molecule has 1 N–H and O–H groups in total. The summed E-state index contributed by atoms with van der Waals surface area (Å²) in [4.78, 5) is 12.4. The highest BCUT2D eigenvalue weighted by molar-refractivity contribution is 14.1. The second-order valence-corrected chi connectivity index (χ2v) is 7.03. The largest absolute Gasteiger partial charge is 0.493 e. The van der Waals surface area contributed by atoms with E-state index in [9.17, 15) is 10.1 Å². The van der Waals surface area contributed by atoms with Crippen LogP contribution in [-0.4, -0.2) is 19.6 Å². The van der Waals surface area contributed by atoms with Crippen molar-refractivity contribution in [2.45, 2.75) is 20.3 Å². The minimum Gasteiger partial charge on any atom is -0.493 e. The summed E-state index contributed by atoms with van der Waals surface area (Å²) in [5, 5.41) is 12.1. The van der Waals surface area contributed by atoms with Crippen LogP contribution in [0.2, 0.25) is 0 Å². The van der Waals surface area contributed by atoms with E-state index in [-0.39, 0.29) is 5.57 Å². The van der Waals surface area contributed by atoms with Crippen LogP contribution in [0.3, 0.4) is 0 Å². The van der Waals surface area contributed by atoms with Crippen LogP contribution in [0.25, 0.3) is 6.08 Å². The number of nitrogens with one attached hydrogen (secondary N) is 1. The van der Waals surface area contributed by atoms with Gasteiger partial charge in [-0.05, 0) is 71.8 Å². The lowest BCUT2D eigenvalue weighted by Gasteiger charge is -2.13. The number of aryl methyl sites for hydroxylation is 1. The number of carbonyl (C=O) groups excluding carboxylic acids is 1. The molecule has 0 aliphatic carbocycles. The first-order valence-electron chi connectivity index (χ1n) is 8.48. The van der Waals surface area contributed by atoms with Crippen molar-refractivity contribution >= 4 is 40.3 Å². The molecule has 0 atom stereocenters. The normalized spacial score (nSPS) is 10.9. The Morgan fingerprint density at radius 2 is 2.00 bits per heavy atom. The van der Waals surface area contributed by atoms with Gasteiger partial charge in [0.2, 0.25) is 0 Å². The Labute approximate surface area is 173 Å². The highest BCUT2D eigenvalue weighted by Crippen LogP contribution is 2.34. The summed E-state index contributed by atoms with van der Waals surface area (Å²) in [5.74, 6) is 0.777. The predicted molar refractivity (Wildman–Crippen MR) is 115 cm³/mol. The van der Waals surface area contributed by atoms with E-state index in [1.54, 1.807) is 25.3 Å². The van der Waals surface area contributed by atoms with Gasteiger partial charge in [-0.2, -0.15) is 5.26 Å². The van der Waals surface area contributed by atoms with Gasteiger partial charge in [-0.3, -0.25) is 4.79 Å². The molecule has 0 fully saturated rings. The van der Waals surface area contributed by atoms with Gasteiger partial charge in [0.15, 0.2) is 11.5 Å². The molecule has 0 aliphatic rings. The third-order valence-electron chi connectivity index (χ3n) is 3.69. The van der Waals surface area contributed by atoms with Gasteiger partial charge in [-0.25, -0.2) is 0 Å². The van der Waals surface area contributed by atoms with Gasteiger partial charge in [0, 0.05) is 5.69 Å². The number of nitriles is 1. The van der Waals surface area contributed by atoms with Crippen molar-refractivity contribution in [3.05, 3.63) is 56.7 Å².